The van der Waals surface area contributed by atoms with E-state index in [1.165, 1.54) is 38.5 Å². The van der Waals surface area contributed by atoms with E-state index in [1.807, 2.05) is 18.2 Å². The normalized spacial score (nSPS) is 12.2. The molecule has 1 unspecified atom stereocenters. The molecule has 0 heterocycles. The molecule has 0 fully saturated rings. The lowest BCUT2D eigenvalue weighted by atomic mass is 10.1. The maximum atomic E-state index is 5.22. The molecule has 0 spiro atoms. The molecule has 0 saturated carbocycles. The second kappa shape index (κ2) is 8.84. The standard InChI is InChI=1S/C16H27NO/c1-4-5-6-7-8-10-14(2)17-15-11-9-12-16(13-15)18-3/h9,11-14,17H,4-8,10H2,1-3H3. The van der Waals surface area contributed by atoms with Crippen LogP contribution in [0.5, 0.6) is 5.75 Å². The minimum absolute atomic E-state index is 0.527. The lowest BCUT2D eigenvalue weighted by Crippen LogP contribution is -2.14. The van der Waals surface area contributed by atoms with Crippen LogP contribution < -0.4 is 10.1 Å². The van der Waals surface area contributed by atoms with Gasteiger partial charge in [-0.25, -0.2) is 0 Å². The molecule has 1 atom stereocenters. The molecule has 1 rings (SSSR count). The number of anilines is 1. The van der Waals surface area contributed by atoms with E-state index in [0.29, 0.717) is 6.04 Å². The summed E-state index contributed by atoms with van der Waals surface area (Å²) in [4.78, 5) is 0. The number of unbranched alkanes of at least 4 members (excludes halogenated alkanes) is 4. The average molecular weight is 249 g/mol. The SMILES string of the molecule is CCCCCCCC(C)Nc1cccc(OC)c1. The van der Waals surface area contributed by atoms with Crippen LogP contribution in [0.3, 0.4) is 0 Å². The first kappa shape index (κ1) is 14.9. The van der Waals surface area contributed by atoms with Crippen LogP contribution in [0.2, 0.25) is 0 Å². The summed E-state index contributed by atoms with van der Waals surface area (Å²) in [7, 11) is 1.70. The summed E-state index contributed by atoms with van der Waals surface area (Å²) >= 11 is 0. The smallest absolute Gasteiger partial charge is 0.120 e. The Morgan fingerprint density at radius 1 is 1.17 bits per heavy atom. The molecule has 1 N–H and O–H groups in total. The number of hydrogen-bond acceptors (Lipinski definition) is 2. The fourth-order valence-electron chi connectivity index (χ4n) is 2.12. The molecule has 2 heteroatoms. The minimum Gasteiger partial charge on any atom is -0.497 e. The van der Waals surface area contributed by atoms with Crippen molar-refractivity contribution in [3.05, 3.63) is 24.3 Å². The van der Waals surface area contributed by atoms with E-state index in [9.17, 15) is 0 Å². The highest BCUT2D eigenvalue weighted by Crippen LogP contribution is 2.18. The molecule has 0 bridgehead atoms. The van der Waals surface area contributed by atoms with Crippen molar-refractivity contribution < 1.29 is 4.74 Å². The van der Waals surface area contributed by atoms with Gasteiger partial charge in [-0.2, -0.15) is 0 Å². The molecule has 0 amide bonds. The van der Waals surface area contributed by atoms with Gasteiger partial charge in [0, 0.05) is 17.8 Å². The van der Waals surface area contributed by atoms with E-state index in [1.54, 1.807) is 7.11 Å². The van der Waals surface area contributed by atoms with E-state index < -0.39 is 0 Å². The monoisotopic (exact) mass is 249 g/mol. The lowest BCUT2D eigenvalue weighted by molar-refractivity contribution is 0.415. The largest absolute Gasteiger partial charge is 0.497 e. The van der Waals surface area contributed by atoms with E-state index in [-0.39, 0.29) is 0 Å². The van der Waals surface area contributed by atoms with E-state index >= 15 is 0 Å². The second-order valence-electron chi connectivity index (χ2n) is 4.98. The second-order valence-corrected chi connectivity index (χ2v) is 4.98. The van der Waals surface area contributed by atoms with Crippen LogP contribution in [0.1, 0.15) is 52.4 Å². The highest BCUT2D eigenvalue weighted by Gasteiger charge is 2.02. The summed E-state index contributed by atoms with van der Waals surface area (Å²) < 4.78 is 5.22. The molecule has 18 heavy (non-hydrogen) atoms. The first-order valence-corrected chi connectivity index (χ1v) is 7.17. The zero-order chi connectivity index (χ0) is 13.2. The Morgan fingerprint density at radius 2 is 1.94 bits per heavy atom. The number of nitrogens with one attached hydrogen (secondary N) is 1. The van der Waals surface area contributed by atoms with Crippen LogP contribution in [0.4, 0.5) is 5.69 Å². The highest BCUT2D eigenvalue weighted by atomic mass is 16.5. The summed E-state index contributed by atoms with van der Waals surface area (Å²) in [6.07, 6.45) is 7.98. The molecule has 0 saturated heterocycles. The van der Waals surface area contributed by atoms with Gasteiger partial charge in [0.15, 0.2) is 0 Å². The van der Waals surface area contributed by atoms with Gasteiger partial charge in [-0.1, -0.05) is 45.1 Å². The number of rotatable bonds is 9. The number of ether oxygens (including phenoxy) is 1. The van der Waals surface area contributed by atoms with Crippen molar-refractivity contribution in [3.63, 3.8) is 0 Å². The van der Waals surface area contributed by atoms with Crippen molar-refractivity contribution in [1.82, 2.24) is 0 Å². The van der Waals surface area contributed by atoms with Crippen LogP contribution in [0, 0.1) is 0 Å². The Morgan fingerprint density at radius 3 is 2.67 bits per heavy atom. The summed E-state index contributed by atoms with van der Waals surface area (Å²) in [6, 6.07) is 8.66. The summed E-state index contributed by atoms with van der Waals surface area (Å²) in [5.41, 5.74) is 1.15. The maximum absolute atomic E-state index is 5.22. The quantitative estimate of drug-likeness (QED) is 0.631. The Labute approximate surface area is 112 Å². The molecule has 102 valence electrons. The van der Waals surface area contributed by atoms with Gasteiger partial charge >= 0.3 is 0 Å². The van der Waals surface area contributed by atoms with Gasteiger partial charge in [0.05, 0.1) is 7.11 Å². The van der Waals surface area contributed by atoms with Gasteiger partial charge in [0.25, 0.3) is 0 Å². The topological polar surface area (TPSA) is 21.3 Å². The molecule has 2 nitrogen and oxygen atoms in total. The molecule has 0 aliphatic heterocycles. The van der Waals surface area contributed by atoms with Crippen LogP contribution >= 0.6 is 0 Å². The Balaban J connectivity index is 2.24. The van der Waals surface area contributed by atoms with Crippen molar-refractivity contribution in [3.8, 4) is 5.75 Å². The van der Waals surface area contributed by atoms with E-state index in [0.717, 1.165) is 11.4 Å². The van der Waals surface area contributed by atoms with Gasteiger partial charge in [-0.05, 0) is 25.5 Å². The maximum Gasteiger partial charge on any atom is 0.120 e. The highest BCUT2D eigenvalue weighted by molar-refractivity contribution is 5.48. The summed E-state index contributed by atoms with van der Waals surface area (Å²) in [6.45, 7) is 4.51. The zero-order valence-electron chi connectivity index (χ0n) is 12.0. The predicted octanol–water partition coefficient (Wildman–Crippen LogP) is 4.86. The molecule has 0 aromatic heterocycles. The number of methoxy groups -OCH3 is 1. The summed E-state index contributed by atoms with van der Waals surface area (Å²) in [5, 5.41) is 3.53. The third-order valence-corrected chi connectivity index (χ3v) is 3.22. The molecular formula is C16H27NO. The lowest BCUT2D eigenvalue weighted by Gasteiger charge is -2.15. The van der Waals surface area contributed by atoms with Crippen LogP contribution in [-0.2, 0) is 0 Å². The fourth-order valence-corrected chi connectivity index (χ4v) is 2.12. The van der Waals surface area contributed by atoms with Crippen molar-refractivity contribution in [2.24, 2.45) is 0 Å². The molecule has 0 aliphatic rings. The van der Waals surface area contributed by atoms with Gasteiger partial charge < -0.3 is 10.1 Å². The molecule has 1 aromatic rings. The fraction of sp³-hybridized carbons (Fsp3) is 0.625. The summed E-state index contributed by atoms with van der Waals surface area (Å²) in [5.74, 6) is 0.912. The average Bonchev–Trinajstić information content (AvgIpc) is 2.38. The van der Waals surface area contributed by atoms with Crippen molar-refractivity contribution in [1.29, 1.82) is 0 Å². The molecule has 1 aromatic carbocycles. The van der Waals surface area contributed by atoms with E-state index in [2.05, 4.69) is 25.2 Å². The van der Waals surface area contributed by atoms with E-state index in [4.69, 9.17) is 4.74 Å². The third kappa shape index (κ3) is 5.95. The minimum atomic E-state index is 0.527. The van der Waals surface area contributed by atoms with Gasteiger partial charge in [-0.15, -0.1) is 0 Å². The van der Waals surface area contributed by atoms with Gasteiger partial charge in [-0.3, -0.25) is 0 Å². The Hall–Kier alpha value is -1.18. The Bertz CT molecular complexity index is 325. The van der Waals surface area contributed by atoms with Crippen molar-refractivity contribution >= 4 is 5.69 Å². The molecule has 0 aliphatic carbocycles. The molecule has 0 radical (unpaired) electrons. The third-order valence-electron chi connectivity index (χ3n) is 3.22. The van der Waals surface area contributed by atoms with Crippen molar-refractivity contribution in [2.75, 3.05) is 12.4 Å². The van der Waals surface area contributed by atoms with Gasteiger partial charge in [0.1, 0.15) is 5.75 Å². The van der Waals surface area contributed by atoms with Crippen LogP contribution in [-0.4, -0.2) is 13.2 Å². The van der Waals surface area contributed by atoms with Gasteiger partial charge in [0.2, 0.25) is 0 Å². The first-order valence-electron chi connectivity index (χ1n) is 7.17. The Kier molecular flexibility index (Phi) is 7.31. The number of hydrogen-bond donors (Lipinski definition) is 1. The number of benzene rings is 1. The zero-order valence-corrected chi connectivity index (χ0v) is 12.0. The first-order chi connectivity index (χ1) is 8.76. The van der Waals surface area contributed by atoms with Crippen molar-refractivity contribution in [2.45, 2.75) is 58.4 Å². The molecular weight excluding hydrogens is 222 g/mol. The van der Waals surface area contributed by atoms with Crippen LogP contribution in [0.15, 0.2) is 24.3 Å². The predicted molar refractivity (Wildman–Crippen MR) is 79.5 cm³/mol. The van der Waals surface area contributed by atoms with Crippen LogP contribution in [0.25, 0.3) is 0 Å².